The van der Waals surface area contributed by atoms with E-state index in [9.17, 15) is 9.59 Å². The molecule has 0 aliphatic carbocycles. The average Bonchev–Trinajstić information content (AvgIpc) is 2.88. The summed E-state index contributed by atoms with van der Waals surface area (Å²) in [6.07, 6.45) is 1.21. The van der Waals surface area contributed by atoms with E-state index in [4.69, 9.17) is 23.2 Å². The first-order chi connectivity index (χ1) is 11.4. The van der Waals surface area contributed by atoms with E-state index in [1.54, 1.807) is 32.0 Å². The van der Waals surface area contributed by atoms with Crippen LogP contribution in [-0.4, -0.2) is 25.5 Å². The summed E-state index contributed by atoms with van der Waals surface area (Å²) in [6.45, 7) is 3.45. The monoisotopic (exact) mass is 365 g/mol. The summed E-state index contributed by atoms with van der Waals surface area (Å²) < 4.78 is 1.13. The highest BCUT2D eigenvalue weighted by Gasteiger charge is 2.18. The third-order valence-corrected chi connectivity index (χ3v) is 4.07. The molecular formula is C15H13Cl2N5O2. The van der Waals surface area contributed by atoms with E-state index in [0.717, 1.165) is 4.52 Å². The molecule has 2 aromatic heterocycles. The predicted molar refractivity (Wildman–Crippen MR) is 90.7 cm³/mol. The van der Waals surface area contributed by atoms with Crippen LogP contribution in [-0.2, 0) is 0 Å². The fourth-order valence-electron chi connectivity index (χ4n) is 2.32. The molecular weight excluding hydrogens is 353 g/mol. The lowest BCUT2D eigenvalue weighted by atomic mass is 10.1. The van der Waals surface area contributed by atoms with Crippen LogP contribution in [0, 0.1) is 6.92 Å². The number of amides is 1. The summed E-state index contributed by atoms with van der Waals surface area (Å²) in [6, 6.07) is 4.59. The second-order valence-electron chi connectivity index (χ2n) is 5.28. The summed E-state index contributed by atoms with van der Waals surface area (Å²) in [7, 11) is 0. The molecule has 0 aliphatic rings. The molecule has 124 valence electrons. The largest absolute Gasteiger partial charge is 0.345 e. The summed E-state index contributed by atoms with van der Waals surface area (Å²) in [5.74, 6) is 0.189. The van der Waals surface area contributed by atoms with Gasteiger partial charge in [-0.25, -0.2) is 4.98 Å². The van der Waals surface area contributed by atoms with Crippen molar-refractivity contribution in [2.75, 3.05) is 0 Å². The van der Waals surface area contributed by atoms with Gasteiger partial charge in [-0.3, -0.25) is 14.7 Å². The smallest absolute Gasteiger partial charge is 0.286 e. The fraction of sp³-hybridized carbons (Fsp3) is 0.200. The molecule has 0 bridgehead atoms. The van der Waals surface area contributed by atoms with E-state index in [1.165, 1.54) is 6.20 Å². The summed E-state index contributed by atoms with van der Waals surface area (Å²) in [5, 5.41) is 6.41. The number of nitrogens with one attached hydrogen (secondary N) is 2. The number of hydrogen-bond acceptors (Lipinski definition) is 4. The van der Waals surface area contributed by atoms with Crippen LogP contribution < -0.4 is 10.9 Å². The molecule has 2 heterocycles. The molecule has 0 spiro atoms. The highest BCUT2D eigenvalue weighted by molar-refractivity contribution is 6.35. The highest BCUT2D eigenvalue weighted by atomic mass is 35.5. The number of H-pyrrole nitrogens is 1. The normalized spacial score (nSPS) is 12.3. The Morgan fingerprint density at radius 2 is 2.12 bits per heavy atom. The van der Waals surface area contributed by atoms with E-state index in [1.807, 2.05) is 0 Å². The Balaban J connectivity index is 1.89. The van der Waals surface area contributed by atoms with Gasteiger partial charge in [0.2, 0.25) is 0 Å². The van der Waals surface area contributed by atoms with Crippen LogP contribution in [0.5, 0.6) is 0 Å². The average molecular weight is 366 g/mol. The van der Waals surface area contributed by atoms with Crippen LogP contribution in [0.2, 0.25) is 10.0 Å². The Morgan fingerprint density at radius 3 is 2.83 bits per heavy atom. The molecule has 0 saturated heterocycles. The zero-order valence-corrected chi connectivity index (χ0v) is 14.3. The lowest BCUT2D eigenvalue weighted by molar-refractivity contribution is 0.0937. The number of rotatable bonds is 3. The van der Waals surface area contributed by atoms with Crippen LogP contribution in [0.4, 0.5) is 0 Å². The van der Waals surface area contributed by atoms with Crippen molar-refractivity contribution in [1.82, 2.24) is 24.9 Å². The van der Waals surface area contributed by atoms with Gasteiger partial charge < -0.3 is 5.32 Å². The van der Waals surface area contributed by atoms with E-state index >= 15 is 0 Å². The minimum Gasteiger partial charge on any atom is -0.345 e. The molecule has 0 radical (unpaired) electrons. The van der Waals surface area contributed by atoms with E-state index in [-0.39, 0.29) is 11.3 Å². The van der Waals surface area contributed by atoms with Crippen LogP contribution in [0.25, 0.3) is 5.78 Å². The standard InChI is InChI=1S/C15H13Cl2N5O2/c1-7(10-4-3-9(16)5-12(10)17)19-13(23)11-6-18-15-20-8(2)21-22(15)14(11)24/h3-7H,1-2H3,(H,19,23)(H,18,20,21). The molecule has 24 heavy (non-hydrogen) atoms. The van der Waals surface area contributed by atoms with E-state index in [2.05, 4.69) is 20.4 Å². The molecule has 2 N–H and O–H groups in total. The zero-order valence-electron chi connectivity index (χ0n) is 12.8. The molecule has 3 rings (SSSR count). The molecule has 1 unspecified atom stereocenters. The van der Waals surface area contributed by atoms with Gasteiger partial charge in [0, 0.05) is 16.2 Å². The Morgan fingerprint density at radius 1 is 1.38 bits per heavy atom. The van der Waals surface area contributed by atoms with Crippen molar-refractivity contribution in [3.63, 3.8) is 0 Å². The SMILES string of the molecule is Cc1nc2ncc(C(=O)NC(C)c3ccc(Cl)cc3Cl)c(=O)n2[nH]1. The second-order valence-corrected chi connectivity index (χ2v) is 6.13. The lowest BCUT2D eigenvalue weighted by Gasteiger charge is -2.15. The molecule has 0 saturated carbocycles. The third-order valence-electron chi connectivity index (χ3n) is 3.51. The third kappa shape index (κ3) is 3.00. The van der Waals surface area contributed by atoms with Crippen LogP contribution >= 0.6 is 23.2 Å². The van der Waals surface area contributed by atoms with Gasteiger partial charge in [-0.05, 0) is 31.5 Å². The number of hydrogen-bond donors (Lipinski definition) is 2. The van der Waals surface area contributed by atoms with Crippen molar-refractivity contribution >= 4 is 34.9 Å². The van der Waals surface area contributed by atoms with E-state index in [0.29, 0.717) is 21.4 Å². The quantitative estimate of drug-likeness (QED) is 0.745. The Labute approximate surface area is 146 Å². The fourth-order valence-corrected chi connectivity index (χ4v) is 2.90. The minimum atomic E-state index is -0.548. The minimum absolute atomic E-state index is 0.0897. The predicted octanol–water partition coefficient (Wildman–Crippen LogP) is 2.52. The number of aromatic nitrogens is 4. The van der Waals surface area contributed by atoms with Gasteiger partial charge in [-0.15, -0.1) is 0 Å². The number of carbonyl (C=O) groups excluding carboxylic acids is 1. The number of nitrogens with zero attached hydrogens (tertiary/aromatic N) is 3. The van der Waals surface area contributed by atoms with Crippen molar-refractivity contribution in [1.29, 1.82) is 0 Å². The second kappa shape index (κ2) is 6.26. The van der Waals surface area contributed by atoms with Crippen molar-refractivity contribution < 1.29 is 4.79 Å². The van der Waals surface area contributed by atoms with Gasteiger partial charge in [0.25, 0.3) is 17.2 Å². The van der Waals surface area contributed by atoms with Crippen molar-refractivity contribution in [2.24, 2.45) is 0 Å². The first kappa shape index (κ1) is 16.5. The van der Waals surface area contributed by atoms with Crippen LogP contribution in [0.15, 0.2) is 29.2 Å². The van der Waals surface area contributed by atoms with Gasteiger partial charge in [-0.1, -0.05) is 29.3 Å². The van der Waals surface area contributed by atoms with E-state index < -0.39 is 17.5 Å². The molecule has 1 atom stereocenters. The Kier molecular flexibility index (Phi) is 4.29. The molecule has 1 aromatic carbocycles. The number of benzene rings is 1. The first-order valence-corrected chi connectivity index (χ1v) is 7.82. The number of aromatic amines is 1. The highest BCUT2D eigenvalue weighted by Crippen LogP contribution is 2.26. The number of halogens is 2. The Bertz CT molecular complexity index is 995. The van der Waals surface area contributed by atoms with Gasteiger partial charge in [0.1, 0.15) is 11.4 Å². The van der Waals surface area contributed by atoms with Crippen molar-refractivity contribution in [2.45, 2.75) is 19.9 Å². The van der Waals surface area contributed by atoms with Crippen LogP contribution in [0.1, 0.15) is 34.7 Å². The summed E-state index contributed by atoms with van der Waals surface area (Å²) >= 11 is 12.0. The van der Waals surface area contributed by atoms with Gasteiger partial charge in [0.15, 0.2) is 0 Å². The van der Waals surface area contributed by atoms with Gasteiger partial charge in [0.05, 0.1) is 6.04 Å². The summed E-state index contributed by atoms with van der Waals surface area (Å²) in [5.41, 5.74) is 0.0847. The molecule has 9 heteroatoms. The lowest BCUT2D eigenvalue weighted by Crippen LogP contribution is -2.33. The number of fused-ring (bicyclic) bond motifs is 1. The maximum atomic E-state index is 12.4. The molecule has 0 aliphatic heterocycles. The number of aryl methyl sites for hydroxylation is 1. The molecule has 7 nitrogen and oxygen atoms in total. The van der Waals surface area contributed by atoms with Crippen molar-refractivity contribution in [3.8, 4) is 0 Å². The van der Waals surface area contributed by atoms with Gasteiger partial charge in [-0.2, -0.15) is 9.50 Å². The van der Waals surface area contributed by atoms with Crippen molar-refractivity contribution in [3.05, 3.63) is 61.7 Å². The Hall–Kier alpha value is -2.38. The maximum absolute atomic E-state index is 12.4. The van der Waals surface area contributed by atoms with Crippen LogP contribution in [0.3, 0.4) is 0 Å². The maximum Gasteiger partial charge on any atom is 0.286 e. The molecule has 3 aromatic rings. The number of carbonyl (C=O) groups is 1. The first-order valence-electron chi connectivity index (χ1n) is 7.07. The topological polar surface area (TPSA) is 92.2 Å². The molecule has 1 amide bonds. The zero-order chi connectivity index (χ0) is 17.4. The van der Waals surface area contributed by atoms with Gasteiger partial charge >= 0.3 is 0 Å². The molecule has 0 fully saturated rings. The summed E-state index contributed by atoms with van der Waals surface area (Å²) in [4.78, 5) is 32.8.